The SMILES string of the molecule is Cc1csc(N2CCN(C(=O)NCc3nccs3)CC2)n1. The van der Waals surface area contributed by atoms with Crippen LogP contribution in [-0.2, 0) is 6.54 Å². The molecular formula is C13H17N5OS2. The van der Waals surface area contributed by atoms with Crippen LogP contribution in [0, 0.1) is 6.92 Å². The molecule has 1 fully saturated rings. The van der Waals surface area contributed by atoms with E-state index in [-0.39, 0.29) is 6.03 Å². The van der Waals surface area contributed by atoms with E-state index in [0.717, 1.165) is 42.0 Å². The summed E-state index contributed by atoms with van der Waals surface area (Å²) in [6.45, 7) is 5.62. The number of aromatic nitrogens is 2. The number of carbonyl (C=O) groups excluding carboxylic acids is 1. The zero-order valence-electron chi connectivity index (χ0n) is 11.8. The highest BCUT2D eigenvalue weighted by atomic mass is 32.1. The van der Waals surface area contributed by atoms with Gasteiger partial charge in [-0.3, -0.25) is 0 Å². The molecule has 112 valence electrons. The van der Waals surface area contributed by atoms with Gasteiger partial charge in [-0.2, -0.15) is 0 Å². The zero-order valence-corrected chi connectivity index (χ0v) is 13.4. The van der Waals surface area contributed by atoms with Gasteiger partial charge in [0.05, 0.1) is 12.2 Å². The second-order valence-corrected chi connectivity index (χ2v) is 6.65. The van der Waals surface area contributed by atoms with Gasteiger partial charge in [0, 0.05) is 43.1 Å². The number of piperazine rings is 1. The normalized spacial score (nSPS) is 15.3. The molecule has 0 spiro atoms. The van der Waals surface area contributed by atoms with Gasteiger partial charge in [-0.1, -0.05) is 0 Å². The zero-order chi connectivity index (χ0) is 14.7. The molecule has 0 aromatic carbocycles. The monoisotopic (exact) mass is 323 g/mol. The van der Waals surface area contributed by atoms with Crippen molar-refractivity contribution in [3.8, 4) is 0 Å². The number of hydrogen-bond acceptors (Lipinski definition) is 6. The van der Waals surface area contributed by atoms with Crippen LogP contribution in [0.25, 0.3) is 0 Å². The van der Waals surface area contributed by atoms with E-state index in [1.165, 1.54) is 0 Å². The summed E-state index contributed by atoms with van der Waals surface area (Å²) in [5.41, 5.74) is 1.05. The first-order valence-electron chi connectivity index (χ1n) is 6.80. The smallest absolute Gasteiger partial charge is 0.317 e. The fourth-order valence-electron chi connectivity index (χ4n) is 2.19. The van der Waals surface area contributed by atoms with Crippen molar-refractivity contribution in [3.05, 3.63) is 27.7 Å². The fraction of sp³-hybridized carbons (Fsp3) is 0.462. The van der Waals surface area contributed by atoms with E-state index in [1.807, 2.05) is 17.2 Å². The van der Waals surface area contributed by atoms with E-state index < -0.39 is 0 Å². The number of aryl methyl sites for hydroxylation is 1. The van der Waals surface area contributed by atoms with Crippen LogP contribution in [0.5, 0.6) is 0 Å². The molecule has 6 nitrogen and oxygen atoms in total. The van der Waals surface area contributed by atoms with E-state index in [1.54, 1.807) is 28.9 Å². The summed E-state index contributed by atoms with van der Waals surface area (Å²) < 4.78 is 0. The minimum absolute atomic E-state index is 0.0137. The molecule has 1 aliphatic heterocycles. The molecule has 21 heavy (non-hydrogen) atoms. The van der Waals surface area contributed by atoms with Crippen molar-refractivity contribution in [3.63, 3.8) is 0 Å². The number of anilines is 1. The average molecular weight is 323 g/mol. The molecule has 1 saturated heterocycles. The van der Waals surface area contributed by atoms with Gasteiger partial charge in [-0.05, 0) is 6.92 Å². The Morgan fingerprint density at radius 3 is 2.76 bits per heavy atom. The summed E-state index contributed by atoms with van der Waals surface area (Å²) in [6, 6.07) is -0.0137. The van der Waals surface area contributed by atoms with E-state index in [0.29, 0.717) is 6.54 Å². The molecule has 2 aromatic heterocycles. The highest BCUT2D eigenvalue weighted by Crippen LogP contribution is 2.21. The Hall–Kier alpha value is -1.67. The molecule has 3 heterocycles. The molecule has 8 heteroatoms. The van der Waals surface area contributed by atoms with Crippen LogP contribution in [0.15, 0.2) is 17.0 Å². The largest absolute Gasteiger partial charge is 0.345 e. The lowest BCUT2D eigenvalue weighted by molar-refractivity contribution is 0.194. The summed E-state index contributed by atoms with van der Waals surface area (Å²) in [5, 5.41) is 8.87. The third kappa shape index (κ3) is 3.51. The Morgan fingerprint density at radius 1 is 1.33 bits per heavy atom. The van der Waals surface area contributed by atoms with Crippen LogP contribution in [0.4, 0.5) is 9.93 Å². The average Bonchev–Trinajstić information content (AvgIpc) is 3.16. The Bertz CT molecular complexity index is 589. The first kappa shape index (κ1) is 14.3. The van der Waals surface area contributed by atoms with Crippen LogP contribution in [-0.4, -0.2) is 47.1 Å². The minimum Gasteiger partial charge on any atom is -0.345 e. The van der Waals surface area contributed by atoms with Gasteiger partial charge < -0.3 is 15.1 Å². The summed E-state index contributed by atoms with van der Waals surface area (Å²) in [6.07, 6.45) is 1.75. The predicted octanol–water partition coefficient (Wildman–Crippen LogP) is 1.94. The molecule has 1 aliphatic rings. The number of hydrogen-bond donors (Lipinski definition) is 1. The lowest BCUT2D eigenvalue weighted by Gasteiger charge is -2.34. The number of amides is 2. The Kier molecular flexibility index (Phi) is 4.35. The van der Waals surface area contributed by atoms with E-state index in [2.05, 4.69) is 25.6 Å². The van der Waals surface area contributed by atoms with Crippen molar-refractivity contribution in [2.75, 3.05) is 31.1 Å². The molecule has 0 aliphatic carbocycles. The van der Waals surface area contributed by atoms with Crippen LogP contribution >= 0.6 is 22.7 Å². The molecule has 0 bridgehead atoms. The predicted molar refractivity (Wildman–Crippen MR) is 85.0 cm³/mol. The summed E-state index contributed by atoms with van der Waals surface area (Å²) in [5.74, 6) is 0. The first-order chi connectivity index (χ1) is 10.2. The molecule has 0 radical (unpaired) electrons. The molecule has 0 saturated carbocycles. The Balaban J connectivity index is 1.47. The van der Waals surface area contributed by atoms with Crippen LogP contribution in [0.3, 0.4) is 0 Å². The van der Waals surface area contributed by atoms with Gasteiger partial charge in [-0.15, -0.1) is 22.7 Å². The molecule has 2 amide bonds. The van der Waals surface area contributed by atoms with Gasteiger partial charge >= 0.3 is 6.03 Å². The van der Waals surface area contributed by atoms with Gasteiger partial charge in [0.25, 0.3) is 0 Å². The molecule has 0 unspecified atom stereocenters. The maximum Gasteiger partial charge on any atom is 0.317 e. The molecule has 3 rings (SSSR count). The van der Waals surface area contributed by atoms with Crippen LogP contribution in [0.1, 0.15) is 10.7 Å². The third-order valence-corrected chi connectivity index (χ3v) is 5.12. The third-order valence-electron chi connectivity index (χ3n) is 3.32. The summed E-state index contributed by atoms with van der Waals surface area (Å²) in [7, 11) is 0. The standard InChI is InChI=1S/C13H17N5OS2/c1-10-9-21-13(16-10)18-5-3-17(4-6-18)12(19)15-8-11-14-2-7-20-11/h2,7,9H,3-6,8H2,1H3,(H,15,19). The number of nitrogens with one attached hydrogen (secondary N) is 1. The quantitative estimate of drug-likeness (QED) is 0.938. The molecule has 1 N–H and O–H groups in total. The highest BCUT2D eigenvalue weighted by molar-refractivity contribution is 7.13. The van der Waals surface area contributed by atoms with E-state index in [9.17, 15) is 4.79 Å². The summed E-state index contributed by atoms with van der Waals surface area (Å²) in [4.78, 5) is 24.8. The number of nitrogens with zero attached hydrogens (tertiary/aromatic N) is 4. The fourth-order valence-corrected chi connectivity index (χ4v) is 3.60. The van der Waals surface area contributed by atoms with Crippen molar-refractivity contribution in [1.82, 2.24) is 20.2 Å². The minimum atomic E-state index is -0.0137. The topological polar surface area (TPSA) is 61.4 Å². The number of urea groups is 1. The van der Waals surface area contributed by atoms with Gasteiger partial charge in [0.1, 0.15) is 5.01 Å². The molecule has 0 atom stereocenters. The van der Waals surface area contributed by atoms with Crippen molar-refractivity contribution in [2.45, 2.75) is 13.5 Å². The maximum atomic E-state index is 12.1. The van der Waals surface area contributed by atoms with Gasteiger partial charge in [-0.25, -0.2) is 14.8 Å². The molecule has 2 aromatic rings. The van der Waals surface area contributed by atoms with Gasteiger partial charge in [0.15, 0.2) is 5.13 Å². The first-order valence-corrected chi connectivity index (χ1v) is 8.56. The van der Waals surface area contributed by atoms with Gasteiger partial charge in [0.2, 0.25) is 0 Å². The van der Waals surface area contributed by atoms with E-state index >= 15 is 0 Å². The number of carbonyl (C=O) groups is 1. The van der Waals surface area contributed by atoms with Crippen molar-refractivity contribution >= 4 is 33.8 Å². The van der Waals surface area contributed by atoms with E-state index in [4.69, 9.17) is 0 Å². The second-order valence-electron chi connectivity index (χ2n) is 4.83. The van der Waals surface area contributed by atoms with Crippen molar-refractivity contribution < 1.29 is 4.79 Å². The summed E-state index contributed by atoms with van der Waals surface area (Å²) >= 11 is 3.22. The Morgan fingerprint density at radius 2 is 2.14 bits per heavy atom. The maximum absolute atomic E-state index is 12.1. The second kappa shape index (κ2) is 6.40. The Labute approximate surface area is 131 Å². The van der Waals surface area contributed by atoms with Crippen molar-refractivity contribution in [2.24, 2.45) is 0 Å². The van der Waals surface area contributed by atoms with Crippen LogP contribution in [0.2, 0.25) is 0 Å². The van der Waals surface area contributed by atoms with Crippen LogP contribution < -0.4 is 10.2 Å². The number of thiazole rings is 2. The number of rotatable bonds is 3. The lowest BCUT2D eigenvalue weighted by Crippen LogP contribution is -2.51. The highest BCUT2D eigenvalue weighted by Gasteiger charge is 2.22. The van der Waals surface area contributed by atoms with Crippen molar-refractivity contribution in [1.29, 1.82) is 0 Å². The lowest BCUT2D eigenvalue weighted by atomic mass is 10.3. The molecular weight excluding hydrogens is 306 g/mol.